The zero-order valence-corrected chi connectivity index (χ0v) is 18.9. The fourth-order valence-electron chi connectivity index (χ4n) is 3.79. The van der Waals surface area contributed by atoms with E-state index in [2.05, 4.69) is 0 Å². The van der Waals surface area contributed by atoms with Crippen LogP contribution in [-0.4, -0.2) is 22.4 Å². The van der Waals surface area contributed by atoms with Gasteiger partial charge in [-0.25, -0.2) is 0 Å². The number of ether oxygens (including phenoxy) is 2. The summed E-state index contributed by atoms with van der Waals surface area (Å²) in [5.74, 6) is 0. The molecule has 1 aromatic heterocycles. The number of alkyl halides is 3. The summed E-state index contributed by atoms with van der Waals surface area (Å²) in [6, 6.07) is 27.6. The van der Waals surface area contributed by atoms with Crippen molar-refractivity contribution in [1.29, 1.82) is 0 Å². The molecule has 3 aromatic carbocycles. The van der Waals surface area contributed by atoms with E-state index in [1.165, 1.54) is 12.1 Å². The molecule has 0 bridgehead atoms. The highest BCUT2D eigenvalue weighted by atomic mass is 19.4. The summed E-state index contributed by atoms with van der Waals surface area (Å²) in [6.07, 6.45) is -4.46. The Morgan fingerprint density at radius 2 is 1.34 bits per heavy atom. The Hall–Kier alpha value is -3.39. The van der Waals surface area contributed by atoms with Crippen LogP contribution in [0.4, 0.5) is 13.2 Å². The molecule has 1 heterocycles. The van der Waals surface area contributed by atoms with E-state index in [0.717, 1.165) is 23.3 Å². The molecule has 0 saturated carbocycles. The summed E-state index contributed by atoms with van der Waals surface area (Å²) >= 11 is 0. The third-order valence-electron chi connectivity index (χ3n) is 5.57. The third-order valence-corrected chi connectivity index (χ3v) is 5.57. The lowest BCUT2D eigenvalue weighted by Gasteiger charge is -2.25. The molecule has 0 fully saturated rings. The molecule has 0 radical (unpaired) electrons. The van der Waals surface area contributed by atoms with E-state index in [-0.39, 0.29) is 13.2 Å². The van der Waals surface area contributed by atoms with Crippen molar-refractivity contribution in [1.82, 2.24) is 4.57 Å². The van der Waals surface area contributed by atoms with Crippen LogP contribution in [0.1, 0.15) is 28.5 Å². The standard InChI is InChI=1S/C28H26F3NO3/c29-28(30,31)23-13-15-24(16-14-23)32-17-7-12-25(32)27(35-19-22-10-5-2-6-11-22)26(33)20-34-18-21-8-3-1-4-9-21/h1-17,26-27,33H,18-20H2/t26-,27+/m1/s1. The maximum Gasteiger partial charge on any atom is 0.416 e. The molecule has 35 heavy (non-hydrogen) atoms. The van der Waals surface area contributed by atoms with E-state index in [9.17, 15) is 18.3 Å². The minimum absolute atomic E-state index is 0.0204. The van der Waals surface area contributed by atoms with Crippen molar-refractivity contribution < 1.29 is 27.8 Å². The average Bonchev–Trinajstić information content (AvgIpc) is 3.35. The molecule has 0 aliphatic heterocycles. The number of aromatic nitrogens is 1. The molecule has 7 heteroatoms. The predicted molar refractivity (Wildman–Crippen MR) is 127 cm³/mol. The molecule has 0 aliphatic carbocycles. The molecular formula is C28H26F3NO3. The number of halogens is 3. The van der Waals surface area contributed by atoms with Crippen LogP contribution >= 0.6 is 0 Å². The molecule has 1 N–H and O–H groups in total. The third kappa shape index (κ3) is 6.60. The fourth-order valence-corrected chi connectivity index (χ4v) is 3.79. The molecule has 182 valence electrons. The average molecular weight is 482 g/mol. The topological polar surface area (TPSA) is 43.6 Å². The van der Waals surface area contributed by atoms with Crippen LogP contribution in [0.15, 0.2) is 103 Å². The molecule has 4 nitrogen and oxygen atoms in total. The molecule has 4 aromatic rings. The van der Waals surface area contributed by atoms with Gasteiger partial charge in [-0.15, -0.1) is 0 Å². The van der Waals surface area contributed by atoms with Crippen LogP contribution in [0.25, 0.3) is 5.69 Å². The van der Waals surface area contributed by atoms with Gasteiger partial charge in [-0.05, 0) is 47.5 Å². The number of rotatable bonds is 10. The van der Waals surface area contributed by atoms with Crippen LogP contribution in [0.3, 0.4) is 0 Å². The van der Waals surface area contributed by atoms with Crippen molar-refractivity contribution >= 4 is 0 Å². The van der Waals surface area contributed by atoms with Crippen LogP contribution in [0, 0.1) is 0 Å². The number of aliphatic hydroxyl groups is 1. The summed E-state index contributed by atoms with van der Waals surface area (Å²) in [5.41, 5.74) is 2.33. The van der Waals surface area contributed by atoms with Gasteiger partial charge < -0.3 is 19.1 Å². The van der Waals surface area contributed by atoms with E-state index < -0.39 is 23.9 Å². The smallest absolute Gasteiger partial charge is 0.388 e. The Balaban J connectivity index is 1.54. The summed E-state index contributed by atoms with van der Waals surface area (Å²) in [7, 11) is 0. The van der Waals surface area contributed by atoms with E-state index in [1.54, 1.807) is 22.9 Å². The molecular weight excluding hydrogens is 455 g/mol. The maximum atomic E-state index is 13.0. The van der Waals surface area contributed by atoms with Crippen LogP contribution in [0.2, 0.25) is 0 Å². The monoisotopic (exact) mass is 481 g/mol. The number of hydrogen-bond acceptors (Lipinski definition) is 3. The predicted octanol–water partition coefficient (Wildman–Crippen LogP) is 6.33. The second-order valence-corrected chi connectivity index (χ2v) is 8.13. The molecule has 0 saturated heterocycles. The first-order chi connectivity index (χ1) is 16.9. The number of hydrogen-bond donors (Lipinski definition) is 1. The van der Waals surface area contributed by atoms with Crippen LogP contribution in [-0.2, 0) is 28.9 Å². The van der Waals surface area contributed by atoms with Crippen molar-refractivity contribution in [2.45, 2.75) is 31.6 Å². The highest BCUT2D eigenvalue weighted by molar-refractivity contribution is 5.39. The highest BCUT2D eigenvalue weighted by Crippen LogP contribution is 2.31. The first-order valence-electron chi connectivity index (χ1n) is 11.2. The van der Waals surface area contributed by atoms with Gasteiger partial charge in [0.15, 0.2) is 0 Å². The van der Waals surface area contributed by atoms with Gasteiger partial charge in [0.25, 0.3) is 0 Å². The zero-order chi connectivity index (χ0) is 24.7. The summed E-state index contributed by atoms with van der Waals surface area (Å²) < 4.78 is 52.6. The molecule has 0 unspecified atom stereocenters. The Morgan fingerprint density at radius 3 is 1.94 bits per heavy atom. The van der Waals surface area contributed by atoms with E-state index in [1.807, 2.05) is 60.7 Å². The Labute approximate surface area is 202 Å². The van der Waals surface area contributed by atoms with Crippen molar-refractivity contribution in [2.24, 2.45) is 0 Å². The number of aliphatic hydroxyl groups excluding tert-OH is 1. The summed E-state index contributed by atoms with van der Waals surface area (Å²) in [5, 5.41) is 11.0. The van der Waals surface area contributed by atoms with Gasteiger partial charge in [0.05, 0.1) is 31.1 Å². The lowest BCUT2D eigenvalue weighted by Crippen LogP contribution is -2.28. The van der Waals surface area contributed by atoms with Crippen molar-refractivity contribution in [3.8, 4) is 5.69 Å². The zero-order valence-electron chi connectivity index (χ0n) is 18.9. The molecule has 0 amide bonds. The van der Waals surface area contributed by atoms with Gasteiger partial charge >= 0.3 is 6.18 Å². The van der Waals surface area contributed by atoms with Gasteiger partial charge in [-0.3, -0.25) is 0 Å². The van der Waals surface area contributed by atoms with Crippen LogP contribution < -0.4 is 0 Å². The highest BCUT2D eigenvalue weighted by Gasteiger charge is 2.30. The van der Waals surface area contributed by atoms with Crippen LogP contribution in [0.5, 0.6) is 0 Å². The summed E-state index contributed by atoms with van der Waals surface area (Å²) in [4.78, 5) is 0. The normalized spacial score (nSPS) is 13.5. The summed E-state index contributed by atoms with van der Waals surface area (Å²) in [6.45, 7) is 0.606. The SMILES string of the molecule is O[C@H](COCc1ccccc1)[C@@H](OCc1ccccc1)c1cccn1-c1ccc(C(F)(F)F)cc1. The lowest BCUT2D eigenvalue weighted by atomic mass is 10.1. The first-order valence-corrected chi connectivity index (χ1v) is 11.2. The minimum atomic E-state index is -4.41. The van der Waals surface area contributed by atoms with Gasteiger partial charge in [-0.2, -0.15) is 13.2 Å². The van der Waals surface area contributed by atoms with Gasteiger partial charge in [0.2, 0.25) is 0 Å². The van der Waals surface area contributed by atoms with Crippen molar-refractivity contribution in [3.05, 3.63) is 126 Å². The van der Waals surface area contributed by atoms with Gasteiger partial charge in [0.1, 0.15) is 12.2 Å². The molecule has 4 rings (SSSR count). The molecule has 0 spiro atoms. The maximum absolute atomic E-state index is 13.0. The van der Waals surface area contributed by atoms with Crippen molar-refractivity contribution in [3.63, 3.8) is 0 Å². The van der Waals surface area contributed by atoms with Crippen molar-refractivity contribution in [2.75, 3.05) is 6.61 Å². The van der Waals surface area contributed by atoms with E-state index >= 15 is 0 Å². The first kappa shape index (κ1) is 24.7. The Kier molecular flexibility index (Phi) is 8.02. The second kappa shape index (κ2) is 11.4. The Bertz CT molecular complexity index is 1180. The largest absolute Gasteiger partial charge is 0.416 e. The van der Waals surface area contributed by atoms with Gasteiger partial charge in [-0.1, -0.05) is 60.7 Å². The van der Waals surface area contributed by atoms with E-state index in [4.69, 9.17) is 9.47 Å². The Morgan fingerprint density at radius 1 is 0.743 bits per heavy atom. The van der Waals surface area contributed by atoms with Gasteiger partial charge in [0, 0.05) is 11.9 Å². The lowest BCUT2D eigenvalue weighted by molar-refractivity contribution is -0.137. The minimum Gasteiger partial charge on any atom is -0.388 e. The number of benzene rings is 3. The number of nitrogens with zero attached hydrogens (tertiary/aromatic N) is 1. The molecule has 0 aliphatic rings. The second-order valence-electron chi connectivity index (χ2n) is 8.13. The quantitative estimate of drug-likeness (QED) is 0.288. The fraction of sp³-hybridized carbons (Fsp3) is 0.214. The van der Waals surface area contributed by atoms with E-state index in [0.29, 0.717) is 18.0 Å². The molecule has 2 atom stereocenters.